The minimum Gasteiger partial charge on any atom is -0.439 e. The van der Waals surface area contributed by atoms with Crippen molar-refractivity contribution in [2.24, 2.45) is 0 Å². The minimum absolute atomic E-state index is 0.124. The topological polar surface area (TPSA) is 109 Å². The molecule has 9 nitrogen and oxygen atoms in total. The first kappa shape index (κ1) is 38.3. The minimum atomic E-state index is -4.47. The first-order valence-electron chi connectivity index (χ1n) is 18.2. The standard InChI is InChI=1S/C45H36N2O7S3/c1-2-31(25-44-46(29-36-17-9-11-19-41(36)56-54-53-48)38-27-34(21-23-40(38)52-44)32-13-5-3-6-14-32)26-45-47(30-37-18-10-12-20-43(37)57(49,50)51)39-28-35(22-24-42(39)55-45)33-15-7-4-8-16-33/h3-28H,2,29-30H2,1H3,(H-,48,49,50,51)/p+1. The molecular formula is C45H37N2O7S3+. The summed E-state index contributed by atoms with van der Waals surface area (Å²) in [6.45, 7) is 2.71. The molecule has 57 heavy (non-hydrogen) atoms. The number of rotatable bonds is 13. The molecule has 0 unspecified atom stereocenters. The maximum absolute atomic E-state index is 12.5. The van der Waals surface area contributed by atoms with Crippen LogP contribution in [0.4, 0.5) is 5.69 Å². The van der Waals surface area contributed by atoms with E-state index in [0.29, 0.717) is 30.2 Å². The summed E-state index contributed by atoms with van der Waals surface area (Å²) in [5.74, 6) is 1.34. The fourth-order valence-corrected chi connectivity index (χ4v) is 9.23. The highest BCUT2D eigenvalue weighted by molar-refractivity contribution is 7.94. The van der Waals surface area contributed by atoms with Crippen LogP contribution in [0.15, 0.2) is 173 Å². The van der Waals surface area contributed by atoms with Crippen molar-refractivity contribution in [3.8, 4) is 28.0 Å². The maximum atomic E-state index is 12.5. The second-order valence-corrected chi connectivity index (χ2v) is 16.5. The third-order valence-corrected chi connectivity index (χ3v) is 12.5. The van der Waals surface area contributed by atoms with Crippen molar-refractivity contribution < 1.29 is 36.9 Å². The molecule has 0 aliphatic carbocycles. The lowest BCUT2D eigenvalue weighted by Gasteiger charge is -2.20. The number of nitrogens with zero attached hydrogens (tertiary/aromatic N) is 2. The van der Waals surface area contributed by atoms with E-state index in [1.807, 2.05) is 72.8 Å². The Morgan fingerprint density at radius 1 is 0.807 bits per heavy atom. The number of benzene rings is 6. The molecule has 7 aromatic rings. The van der Waals surface area contributed by atoms with Gasteiger partial charge in [-0.15, -0.1) is 4.33 Å². The first-order valence-corrected chi connectivity index (χ1v) is 21.2. The van der Waals surface area contributed by atoms with Crippen molar-refractivity contribution in [3.05, 3.63) is 179 Å². The van der Waals surface area contributed by atoms with E-state index >= 15 is 0 Å². The van der Waals surface area contributed by atoms with Crippen LogP contribution in [-0.2, 0) is 32.6 Å². The number of thiazole rings is 1. The summed E-state index contributed by atoms with van der Waals surface area (Å²) in [5, 5.41) is 13.7. The van der Waals surface area contributed by atoms with Gasteiger partial charge in [-0.3, -0.25) is 4.55 Å². The van der Waals surface area contributed by atoms with Gasteiger partial charge in [0.15, 0.2) is 12.3 Å². The zero-order valence-electron chi connectivity index (χ0n) is 30.7. The number of allylic oxidation sites excluding steroid dienone is 2. The molecule has 0 saturated heterocycles. The number of hydrogen-bond acceptors (Lipinski definition) is 9. The van der Waals surface area contributed by atoms with Gasteiger partial charge in [-0.1, -0.05) is 132 Å². The van der Waals surface area contributed by atoms with E-state index in [4.69, 9.17) is 14.3 Å². The van der Waals surface area contributed by atoms with Crippen LogP contribution < -0.4 is 14.2 Å². The quantitative estimate of drug-likeness (QED) is 0.0387. The molecule has 0 atom stereocenters. The monoisotopic (exact) mass is 813 g/mol. The summed E-state index contributed by atoms with van der Waals surface area (Å²) >= 11 is 2.52. The molecule has 286 valence electrons. The van der Waals surface area contributed by atoms with E-state index in [0.717, 1.165) is 71.2 Å². The van der Waals surface area contributed by atoms with Gasteiger partial charge in [0.2, 0.25) is 11.4 Å². The lowest BCUT2D eigenvalue weighted by Crippen LogP contribution is -2.36. The van der Waals surface area contributed by atoms with E-state index in [1.54, 1.807) is 29.5 Å². The van der Waals surface area contributed by atoms with Gasteiger partial charge in [0.05, 0.1) is 24.3 Å². The Balaban J connectivity index is 1.25. The first-order chi connectivity index (χ1) is 27.8. The zero-order chi connectivity index (χ0) is 39.4. The molecule has 1 aliphatic rings. The number of aromatic nitrogens is 1. The lowest BCUT2D eigenvalue weighted by molar-refractivity contribution is -0.660. The van der Waals surface area contributed by atoms with E-state index in [-0.39, 0.29) is 11.4 Å². The Hall–Kier alpha value is -5.57. The number of fused-ring (bicyclic) bond motifs is 2. The van der Waals surface area contributed by atoms with Gasteiger partial charge in [0.1, 0.15) is 9.60 Å². The van der Waals surface area contributed by atoms with Crippen LogP contribution in [0.3, 0.4) is 0 Å². The summed E-state index contributed by atoms with van der Waals surface area (Å²) in [5.41, 5.74) is 8.41. The normalized spacial score (nSPS) is 13.6. The molecule has 1 aliphatic heterocycles. The third kappa shape index (κ3) is 8.43. The van der Waals surface area contributed by atoms with E-state index in [2.05, 4.69) is 82.1 Å². The fraction of sp³-hybridized carbons (Fsp3) is 0.0889. The van der Waals surface area contributed by atoms with Gasteiger partial charge in [0.25, 0.3) is 15.1 Å². The summed E-state index contributed by atoms with van der Waals surface area (Å²) in [6.07, 6.45) is 4.82. The van der Waals surface area contributed by atoms with Crippen molar-refractivity contribution in [3.63, 3.8) is 0 Å². The van der Waals surface area contributed by atoms with Gasteiger partial charge in [0, 0.05) is 28.7 Å². The Kier molecular flexibility index (Phi) is 11.3. The molecule has 1 aromatic heterocycles. The summed E-state index contributed by atoms with van der Waals surface area (Å²) in [4.78, 5) is 2.76. The molecule has 2 heterocycles. The van der Waals surface area contributed by atoms with Crippen LogP contribution in [-0.4, -0.2) is 18.2 Å². The molecule has 6 aromatic carbocycles. The molecule has 12 heteroatoms. The predicted molar refractivity (Wildman–Crippen MR) is 225 cm³/mol. The molecule has 0 spiro atoms. The zero-order valence-corrected chi connectivity index (χ0v) is 33.1. The highest BCUT2D eigenvalue weighted by Gasteiger charge is 2.29. The van der Waals surface area contributed by atoms with Gasteiger partial charge in [-0.25, -0.2) is 5.26 Å². The average molecular weight is 814 g/mol. The van der Waals surface area contributed by atoms with Crippen molar-refractivity contribution >= 4 is 55.5 Å². The maximum Gasteiger partial charge on any atom is 0.295 e. The summed E-state index contributed by atoms with van der Waals surface area (Å²) in [7, 11) is -4.47. The van der Waals surface area contributed by atoms with Gasteiger partial charge >= 0.3 is 0 Å². The highest BCUT2D eigenvalue weighted by Crippen LogP contribution is 2.44. The molecular weight excluding hydrogens is 777 g/mol. The van der Waals surface area contributed by atoms with E-state index in [9.17, 15) is 13.0 Å². The molecule has 0 amide bonds. The van der Waals surface area contributed by atoms with Crippen molar-refractivity contribution in [1.82, 2.24) is 0 Å². The van der Waals surface area contributed by atoms with Gasteiger partial charge in [-0.05, 0) is 70.1 Å². The van der Waals surface area contributed by atoms with E-state index < -0.39 is 10.1 Å². The molecule has 8 rings (SSSR count). The number of anilines is 1. The Labute approximate surface area is 339 Å². The SMILES string of the molecule is CCC(=Cc1sc2ccc(-c3ccccc3)cc2[n+]1Cc1ccccc1S(=O)(=O)O)C=C1Oc2ccc(-c3ccccc3)cc2N1Cc1ccccc1SOOO. The number of ether oxygens (including phenoxy) is 1. The van der Waals surface area contributed by atoms with Crippen LogP contribution in [0.25, 0.3) is 38.5 Å². The van der Waals surface area contributed by atoms with Crippen molar-refractivity contribution in [2.75, 3.05) is 4.90 Å². The molecule has 0 bridgehead atoms. The van der Waals surface area contributed by atoms with Crippen LogP contribution in [0.2, 0.25) is 0 Å². The average Bonchev–Trinajstić information content (AvgIpc) is 3.75. The summed E-state index contributed by atoms with van der Waals surface area (Å²) in [6, 6.07) is 47.0. The van der Waals surface area contributed by atoms with Crippen molar-refractivity contribution in [2.45, 2.75) is 36.2 Å². The summed E-state index contributed by atoms with van der Waals surface area (Å²) < 4.78 is 49.8. The Morgan fingerprint density at radius 2 is 1.46 bits per heavy atom. The highest BCUT2D eigenvalue weighted by atomic mass is 32.2. The second-order valence-electron chi connectivity index (χ2n) is 13.3. The van der Waals surface area contributed by atoms with Crippen LogP contribution in [0.5, 0.6) is 5.75 Å². The molecule has 0 radical (unpaired) electrons. The Morgan fingerprint density at radius 3 is 2.16 bits per heavy atom. The second kappa shape index (κ2) is 16.9. The van der Waals surface area contributed by atoms with Crippen LogP contribution in [0, 0.1) is 0 Å². The molecule has 2 N–H and O–H groups in total. The molecule has 0 saturated carbocycles. The van der Waals surface area contributed by atoms with Crippen molar-refractivity contribution in [1.29, 1.82) is 0 Å². The van der Waals surface area contributed by atoms with Gasteiger partial charge in [-0.2, -0.15) is 13.0 Å². The third-order valence-electron chi connectivity index (χ3n) is 9.74. The molecule has 0 fully saturated rings. The largest absolute Gasteiger partial charge is 0.439 e. The number of hydrogen-bond donors (Lipinski definition) is 2. The lowest BCUT2D eigenvalue weighted by atomic mass is 10.0. The van der Waals surface area contributed by atoms with Crippen LogP contribution in [0.1, 0.15) is 29.5 Å². The predicted octanol–water partition coefficient (Wildman–Crippen LogP) is 11.0. The van der Waals surface area contributed by atoms with Gasteiger partial charge < -0.3 is 9.64 Å². The Bertz CT molecular complexity index is 2730. The van der Waals surface area contributed by atoms with Crippen LogP contribution >= 0.6 is 23.4 Å². The smallest absolute Gasteiger partial charge is 0.295 e. The fourth-order valence-electron chi connectivity index (χ4n) is 6.92. The van der Waals surface area contributed by atoms with E-state index in [1.165, 1.54) is 6.07 Å².